The Labute approximate surface area is 187 Å². The minimum Gasteiger partial charge on any atom is -0.354 e. The number of nitrogens with zero attached hydrogens (tertiary/aromatic N) is 5. The van der Waals surface area contributed by atoms with Gasteiger partial charge in [0.25, 0.3) is 0 Å². The average Bonchev–Trinajstić information content (AvgIpc) is 3.24. The zero-order valence-electron chi connectivity index (χ0n) is 17.3. The van der Waals surface area contributed by atoms with Crippen LogP contribution in [0.3, 0.4) is 0 Å². The summed E-state index contributed by atoms with van der Waals surface area (Å²) >= 11 is 3.44. The molecule has 9 heteroatoms. The molecule has 3 heterocycles. The third-order valence-electron chi connectivity index (χ3n) is 5.03. The number of nitrogens with one attached hydrogen (secondary N) is 1. The quantitative estimate of drug-likeness (QED) is 0.402. The van der Waals surface area contributed by atoms with Crippen LogP contribution >= 0.6 is 15.9 Å². The van der Waals surface area contributed by atoms with E-state index in [1.807, 2.05) is 30.8 Å². The fraction of sp³-hybridized carbons (Fsp3) is 0.273. The Morgan fingerprint density at radius 1 is 1.13 bits per heavy atom. The average molecular weight is 485 g/mol. The second-order valence-corrected chi connectivity index (χ2v) is 8.19. The molecule has 1 N–H and O–H groups in total. The molecule has 160 valence electrons. The molecule has 0 bridgehead atoms. The van der Waals surface area contributed by atoms with E-state index in [1.165, 1.54) is 12.1 Å². The van der Waals surface area contributed by atoms with E-state index in [2.05, 4.69) is 36.4 Å². The van der Waals surface area contributed by atoms with Crippen LogP contribution in [0, 0.1) is 19.7 Å². The smallest absolute Gasteiger partial charge is 0.241 e. The Morgan fingerprint density at radius 3 is 2.61 bits per heavy atom. The van der Waals surface area contributed by atoms with E-state index in [0.717, 1.165) is 45.3 Å². The van der Waals surface area contributed by atoms with Gasteiger partial charge in [-0.1, -0.05) is 12.1 Å². The highest BCUT2D eigenvalue weighted by molar-refractivity contribution is 9.10. The van der Waals surface area contributed by atoms with Gasteiger partial charge in [-0.3, -0.25) is 9.48 Å². The number of hydrogen-bond acceptors (Lipinski definition) is 4. The molecule has 0 atom stereocenters. The van der Waals surface area contributed by atoms with Gasteiger partial charge in [0.15, 0.2) is 5.65 Å². The van der Waals surface area contributed by atoms with Crippen molar-refractivity contribution in [1.82, 2.24) is 29.9 Å². The number of amides is 1. The van der Waals surface area contributed by atoms with Crippen LogP contribution in [0.4, 0.5) is 4.39 Å². The number of aryl methyl sites for hydroxylation is 3. The lowest BCUT2D eigenvalue weighted by atomic mass is 10.0. The molecule has 1 amide bonds. The monoisotopic (exact) mass is 484 g/mol. The van der Waals surface area contributed by atoms with E-state index in [9.17, 15) is 9.18 Å². The molecule has 0 unspecified atom stereocenters. The number of benzene rings is 1. The number of halogens is 2. The highest BCUT2D eigenvalue weighted by atomic mass is 79.9. The van der Waals surface area contributed by atoms with Crippen LogP contribution in [0.1, 0.15) is 17.8 Å². The maximum Gasteiger partial charge on any atom is 0.241 e. The van der Waals surface area contributed by atoms with E-state index >= 15 is 0 Å². The van der Waals surface area contributed by atoms with Gasteiger partial charge in [-0.15, -0.1) is 0 Å². The Bertz CT molecular complexity index is 1210. The van der Waals surface area contributed by atoms with Crippen LogP contribution in [0.15, 0.2) is 47.2 Å². The van der Waals surface area contributed by atoms with Crippen LogP contribution in [-0.2, 0) is 17.9 Å². The summed E-state index contributed by atoms with van der Waals surface area (Å²) in [6.45, 7) is 5.17. The first kappa shape index (κ1) is 21.2. The molecule has 0 fully saturated rings. The Kier molecular flexibility index (Phi) is 6.13. The number of carbonyl (C=O) groups is 1. The molecule has 4 aromatic rings. The van der Waals surface area contributed by atoms with Gasteiger partial charge in [0.1, 0.15) is 12.4 Å². The molecule has 0 spiro atoms. The maximum atomic E-state index is 13.3. The molecule has 0 aliphatic carbocycles. The van der Waals surface area contributed by atoms with E-state index < -0.39 is 0 Å². The van der Waals surface area contributed by atoms with Gasteiger partial charge >= 0.3 is 0 Å². The van der Waals surface area contributed by atoms with Crippen molar-refractivity contribution in [2.75, 3.05) is 6.54 Å². The normalized spacial score (nSPS) is 11.2. The molecule has 0 aliphatic heterocycles. The minimum atomic E-state index is -0.284. The molecule has 4 rings (SSSR count). The van der Waals surface area contributed by atoms with Gasteiger partial charge < -0.3 is 5.32 Å². The van der Waals surface area contributed by atoms with Gasteiger partial charge in [-0.05, 0) is 65.5 Å². The molecule has 0 saturated heterocycles. The lowest BCUT2D eigenvalue weighted by Gasteiger charge is -2.07. The molecule has 7 nitrogen and oxygen atoms in total. The van der Waals surface area contributed by atoms with Gasteiger partial charge in [-0.25, -0.2) is 14.1 Å². The van der Waals surface area contributed by atoms with Gasteiger partial charge in [-0.2, -0.15) is 10.2 Å². The van der Waals surface area contributed by atoms with Crippen molar-refractivity contribution in [2.24, 2.45) is 0 Å². The summed E-state index contributed by atoms with van der Waals surface area (Å²) in [5, 5.41) is 12.7. The van der Waals surface area contributed by atoms with Crippen molar-refractivity contribution in [2.45, 2.75) is 33.4 Å². The summed E-state index contributed by atoms with van der Waals surface area (Å²) in [6.07, 6.45) is 4.38. The minimum absolute atomic E-state index is 0.0800. The van der Waals surface area contributed by atoms with Crippen molar-refractivity contribution in [3.05, 3.63) is 64.4 Å². The second-order valence-electron chi connectivity index (χ2n) is 7.34. The molecule has 0 aliphatic rings. The van der Waals surface area contributed by atoms with Crippen molar-refractivity contribution in [1.29, 1.82) is 0 Å². The predicted molar refractivity (Wildman–Crippen MR) is 120 cm³/mol. The molecule has 0 saturated carbocycles. The van der Waals surface area contributed by atoms with Gasteiger partial charge in [0.05, 0.1) is 15.9 Å². The van der Waals surface area contributed by atoms with Crippen LogP contribution in [0.5, 0.6) is 0 Å². The third-order valence-corrected chi connectivity index (χ3v) is 5.81. The van der Waals surface area contributed by atoms with Crippen molar-refractivity contribution in [3.8, 4) is 11.1 Å². The van der Waals surface area contributed by atoms with Crippen LogP contribution < -0.4 is 5.32 Å². The van der Waals surface area contributed by atoms with E-state index in [0.29, 0.717) is 12.2 Å². The first-order valence-electron chi connectivity index (χ1n) is 9.96. The highest BCUT2D eigenvalue weighted by Crippen LogP contribution is 2.29. The zero-order valence-corrected chi connectivity index (χ0v) is 18.9. The van der Waals surface area contributed by atoms with Crippen LogP contribution in [0.25, 0.3) is 22.2 Å². The predicted octanol–water partition coefficient (Wildman–Crippen LogP) is 4.02. The largest absolute Gasteiger partial charge is 0.354 e. The summed E-state index contributed by atoms with van der Waals surface area (Å²) in [4.78, 5) is 16.9. The highest BCUT2D eigenvalue weighted by Gasteiger charge is 2.16. The Morgan fingerprint density at radius 2 is 1.90 bits per heavy atom. The summed E-state index contributed by atoms with van der Waals surface area (Å²) < 4.78 is 17.8. The topological polar surface area (TPSA) is 77.6 Å². The fourth-order valence-corrected chi connectivity index (χ4v) is 3.85. The van der Waals surface area contributed by atoms with E-state index in [-0.39, 0.29) is 18.3 Å². The lowest BCUT2D eigenvalue weighted by molar-refractivity contribution is -0.121. The fourth-order valence-electron chi connectivity index (χ4n) is 3.53. The molecular weight excluding hydrogens is 463 g/mol. The second kappa shape index (κ2) is 8.97. The molecule has 0 radical (unpaired) electrons. The summed E-state index contributed by atoms with van der Waals surface area (Å²) in [5.74, 6) is -0.412. The summed E-state index contributed by atoms with van der Waals surface area (Å²) in [7, 11) is 0. The van der Waals surface area contributed by atoms with Gasteiger partial charge in [0, 0.05) is 30.9 Å². The first-order chi connectivity index (χ1) is 14.9. The number of carbonyl (C=O) groups excluding carboxylic acids is 1. The Balaban J connectivity index is 1.43. The zero-order chi connectivity index (χ0) is 22.0. The number of aromatic nitrogens is 5. The van der Waals surface area contributed by atoms with Crippen LogP contribution in [0.2, 0.25) is 0 Å². The van der Waals surface area contributed by atoms with E-state index in [4.69, 9.17) is 0 Å². The van der Waals surface area contributed by atoms with Crippen molar-refractivity contribution in [3.63, 3.8) is 0 Å². The molecule has 1 aromatic carbocycles. The number of pyridine rings is 1. The Hall–Kier alpha value is -3.07. The third kappa shape index (κ3) is 4.66. The maximum absolute atomic E-state index is 13.3. The molecule has 31 heavy (non-hydrogen) atoms. The van der Waals surface area contributed by atoms with Crippen molar-refractivity contribution < 1.29 is 9.18 Å². The standard InChI is InChI=1S/C22H22BrFN6O/c1-14-19(23)12-29(27-14)11-3-9-25-20(31)13-30-22-21(15(2)28-30)18(8-10-26-22)16-4-6-17(24)7-5-16/h4-8,10,12H,3,9,11,13H2,1-2H3,(H,25,31). The molecular formula is C22H22BrFN6O. The van der Waals surface area contributed by atoms with Gasteiger partial charge in [0.2, 0.25) is 5.91 Å². The number of hydrogen-bond donors (Lipinski definition) is 1. The summed E-state index contributed by atoms with van der Waals surface area (Å²) in [5.41, 5.74) is 4.13. The van der Waals surface area contributed by atoms with E-state index in [1.54, 1.807) is 23.0 Å². The SMILES string of the molecule is Cc1nn(CCCNC(=O)Cn2nc(C)c3c(-c4ccc(F)cc4)ccnc32)cc1Br. The molecule has 3 aromatic heterocycles. The first-order valence-corrected chi connectivity index (χ1v) is 10.8. The van der Waals surface area contributed by atoms with Crippen molar-refractivity contribution >= 4 is 32.9 Å². The number of rotatable bonds is 7. The number of fused-ring (bicyclic) bond motifs is 1. The lowest BCUT2D eigenvalue weighted by Crippen LogP contribution is -2.29. The summed E-state index contributed by atoms with van der Waals surface area (Å²) in [6, 6.07) is 8.20. The van der Waals surface area contributed by atoms with Crippen LogP contribution in [-0.4, -0.2) is 37.0 Å².